The van der Waals surface area contributed by atoms with Gasteiger partial charge in [-0.05, 0) is 48.5 Å². The summed E-state index contributed by atoms with van der Waals surface area (Å²) in [5.41, 5.74) is 0. The molecule has 1 atom stereocenters. The highest BCUT2D eigenvalue weighted by atomic mass is 79.9. The van der Waals surface area contributed by atoms with E-state index in [1.807, 2.05) is 19.2 Å². The van der Waals surface area contributed by atoms with Crippen molar-refractivity contribution < 1.29 is 4.52 Å². The number of aromatic nitrogens is 2. The maximum Gasteiger partial charge on any atom is 0.227 e. The Bertz CT molecular complexity index is 483. The van der Waals surface area contributed by atoms with Gasteiger partial charge in [0.15, 0.2) is 0 Å². The largest absolute Gasteiger partial charge is 0.339 e. The highest BCUT2D eigenvalue weighted by Crippen LogP contribution is 2.29. The molecule has 4 nitrogen and oxygen atoms in total. The first-order valence-corrected chi connectivity index (χ1v) is 7.05. The van der Waals surface area contributed by atoms with Crippen LogP contribution in [0.5, 0.6) is 0 Å². The van der Waals surface area contributed by atoms with Crippen molar-refractivity contribution in [3.63, 3.8) is 0 Å². The number of hydrogen-bond acceptors (Lipinski definition) is 5. The Morgan fingerprint density at radius 1 is 1.53 bits per heavy atom. The highest BCUT2D eigenvalue weighted by Gasteiger charge is 2.11. The zero-order chi connectivity index (χ0) is 12.3. The summed E-state index contributed by atoms with van der Waals surface area (Å²) in [4.78, 5) is 5.41. The first-order chi connectivity index (χ1) is 8.19. The molecule has 2 rings (SSSR count). The molecular weight excluding hydrogens is 302 g/mol. The quantitative estimate of drug-likeness (QED) is 0.921. The lowest BCUT2D eigenvalue weighted by Gasteiger charge is -2.06. The Kier molecular flexibility index (Phi) is 4.31. The van der Waals surface area contributed by atoms with Crippen LogP contribution in [0.4, 0.5) is 0 Å². The second-order valence-electron chi connectivity index (χ2n) is 3.84. The van der Waals surface area contributed by atoms with Gasteiger partial charge in [0.1, 0.15) is 0 Å². The molecule has 1 unspecified atom stereocenters. The fourth-order valence-corrected chi connectivity index (χ4v) is 2.69. The monoisotopic (exact) mass is 315 g/mol. The van der Waals surface area contributed by atoms with Gasteiger partial charge in [0.2, 0.25) is 11.7 Å². The summed E-state index contributed by atoms with van der Waals surface area (Å²) in [6.07, 6.45) is 1.80. The standard InChI is InChI=1S/C11H14BrN3OS/c1-7(13-2)3-6-10-14-11(15-16-10)8-4-5-9(12)17-8/h4-5,7,13H,3,6H2,1-2H3. The third kappa shape index (κ3) is 3.37. The van der Waals surface area contributed by atoms with Crippen LogP contribution in [0.2, 0.25) is 0 Å². The lowest BCUT2D eigenvalue weighted by molar-refractivity contribution is 0.369. The number of thiophene rings is 1. The first-order valence-electron chi connectivity index (χ1n) is 5.44. The maximum absolute atomic E-state index is 5.23. The summed E-state index contributed by atoms with van der Waals surface area (Å²) >= 11 is 5.02. The fourth-order valence-electron chi connectivity index (χ4n) is 1.38. The zero-order valence-corrected chi connectivity index (χ0v) is 12.1. The van der Waals surface area contributed by atoms with Crippen molar-refractivity contribution in [1.29, 1.82) is 0 Å². The molecule has 0 saturated carbocycles. The molecule has 0 aliphatic heterocycles. The van der Waals surface area contributed by atoms with Gasteiger partial charge >= 0.3 is 0 Å². The van der Waals surface area contributed by atoms with Gasteiger partial charge in [-0.3, -0.25) is 0 Å². The molecule has 6 heteroatoms. The van der Waals surface area contributed by atoms with E-state index in [-0.39, 0.29) is 0 Å². The molecule has 2 heterocycles. The van der Waals surface area contributed by atoms with Crippen LogP contribution in [0.15, 0.2) is 20.4 Å². The summed E-state index contributed by atoms with van der Waals surface area (Å²) in [7, 11) is 1.95. The Balaban J connectivity index is 2.01. The Morgan fingerprint density at radius 2 is 2.35 bits per heavy atom. The maximum atomic E-state index is 5.23. The molecular formula is C11H14BrN3OS. The summed E-state index contributed by atoms with van der Waals surface area (Å²) in [6, 6.07) is 4.43. The van der Waals surface area contributed by atoms with E-state index in [0.29, 0.717) is 17.8 Å². The fraction of sp³-hybridized carbons (Fsp3) is 0.455. The zero-order valence-electron chi connectivity index (χ0n) is 9.74. The summed E-state index contributed by atoms with van der Waals surface area (Å²) in [5, 5.41) is 7.17. The van der Waals surface area contributed by atoms with E-state index in [1.165, 1.54) is 0 Å². The lowest BCUT2D eigenvalue weighted by Crippen LogP contribution is -2.21. The Morgan fingerprint density at radius 3 is 3.00 bits per heavy atom. The summed E-state index contributed by atoms with van der Waals surface area (Å²) in [6.45, 7) is 2.13. The molecule has 0 spiro atoms. The van der Waals surface area contributed by atoms with Crippen LogP contribution in [0.1, 0.15) is 19.2 Å². The molecule has 0 aliphatic rings. The van der Waals surface area contributed by atoms with Crippen molar-refractivity contribution in [2.75, 3.05) is 7.05 Å². The van der Waals surface area contributed by atoms with Crippen LogP contribution < -0.4 is 5.32 Å². The van der Waals surface area contributed by atoms with E-state index in [1.54, 1.807) is 11.3 Å². The number of aryl methyl sites for hydroxylation is 1. The Labute approximate surface area is 113 Å². The number of hydrogen-bond donors (Lipinski definition) is 1. The van der Waals surface area contributed by atoms with Gasteiger partial charge in [0.05, 0.1) is 8.66 Å². The number of halogens is 1. The van der Waals surface area contributed by atoms with E-state index in [9.17, 15) is 0 Å². The molecule has 2 aromatic rings. The van der Waals surface area contributed by atoms with Crippen LogP contribution in [0.3, 0.4) is 0 Å². The second-order valence-corrected chi connectivity index (χ2v) is 6.31. The molecule has 0 bridgehead atoms. The van der Waals surface area contributed by atoms with Crippen molar-refractivity contribution in [3.8, 4) is 10.7 Å². The second kappa shape index (κ2) is 5.75. The van der Waals surface area contributed by atoms with Gasteiger partial charge in [-0.25, -0.2) is 0 Å². The third-order valence-corrected chi connectivity index (χ3v) is 4.17. The Hall–Kier alpha value is -0.720. The predicted molar refractivity (Wildman–Crippen MR) is 72.2 cm³/mol. The molecule has 1 N–H and O–H groups in total. The van der Waals surface area contributed by atoms with E-state index >= 15 is 0 Å². The van der Waals surface area contributed by atoms with Crippen molar-refractivity contribution in [2.24, 2.45) is 0 Å². The topological polar surface area (TPSA) is 51.0 Å². The van der Waals surface area contributed by atoms with Gasteiger partial charge in [-0.15, -0.1) is 11.3 Å². The van der Waals surface area contributed by atoms with E-state index in [0.717, 1.165) is 21.5 Å². The van der Waals surface area contributed by atoms with Crippen LogP contribution in [-0.4, -0.2) is 23.2 Å². The minimum atomic E-state index is 0.459. The molecule has 17 heavy (non-hydrogen) atoms. The van der Waals surface area contributed by atoms with Crippen molar-refractivity contribution in [2.45, 2.75) is 25.8 Å². The van der Waals surface area contributed by atoms with Gasteiger partial charge < -0.3 is 9.84 Å². The molecule has 0 fully saturated rings. The summed E-state index contributed by atoms with van der Waals surface area (Å²) < 4.78 is 6.30. The minimum Gasteiger partial charge on any atom is -0.339 e. The van der Waals surface area contributed by atoms with Crippen molar-refractivity contribution in [1.82, 2.24) is 15.5 Å². The smallest absolute Gasteiger partial charge is 0.227 e. The molecule has 92 valence electrons. The van der Waals surface area contributed by atoms with Crippen molar-refractivity contribution >= 4 is 27.3 Å². The van der Waals surface area contributed by atoms with Crippen molar-refractivity contribution in [3.05, 3.63) is 21.8 Å². The SMILES string of the molecule is CNC(C)CCc1nc(-c2ccc(Br)s2)no1. The molecule has 2 aromatic heterocycles. The van der Waals surface area contributed by atoms with Crippen LogP contribution in [0, 0.1) is 0 Å². The third-order valence-electron chi connectivity index (χ3n) is 2.55. The van der Waals surface area contributed by atoms with Crippen LogP contribution in [-0.2, 0) is 6.42 Å². The van der Waals surface area contributed by atoms with E-state index < -0.39 is 0 Å². The van der Waals surface area contributed by atoms with Gasteiger partial charge in [0.25, 0.3) is 0 Å². The average molecular weight is 316 g/mol. The summed E-state index contributed by atoms with van der Waals surface area (Å²) in [5.74, 6) is 1.37. The molecule has 0 aromatic carbocycles. The number of rotatable bonds is 5. The van der Waals surface area contributed by atoms with Gasteiger partial charge in [-0.1, -0.05) is 5.16 Å². The lowest BCUT2D eigenvalue weighted by atomic mass is 10.2. The number of nitrogens with one attached hydrogen (secondary N) is 1. The molecule has 0 aliphatic carbocycles. The van der Waals surface area contributed by atoms with Crippen LogP contribution in [0.25, 0.3) is 10.7 Å². The van der Waals surface area contributed by atoms with E-state index in [4.69, 9.17) is 4.52 Å². The minimum absolute atomic E-state index is 0.459. The highest BCUT2D eigenvalue weighted by molar-refractivity contribution is 9.11. The average Bonchev–Trinajstić information content (AvgIpc) is 2.94. The normalized spacial score (nSPS) is 12.9. The predicted octanol–water partition coefficient (Wildman–Crippen LogP) is 3.10. The molecule has 0 saturated heterocycles. The van der Waals surface area contributed by atoms with Crippen LogP contribution >= 0.6 is 27.3 Å². The number of nitrogens with zero attached hydrogens (tertiary/aromatic N) is 2. The molecule has 0 amide bonds. The van der Waals surface area contributed by atoms with E-state index in [2.05, 4.69) is 38.3 Å². The molecule has 0 radical (unpaired) electrons. The van der Waals surface area contributed by atoms with Gasteiger partial charge in [0, 0.05) is 12.5 Å². The first kappa shape index (κ1) is 12.7. The van der Waals surface area contributed by atoms with Gasteiger partial charge in [-0.2, -0.15) is 4.98 Å².